The molecule has 1 fully saturated rings. The number of fused-ring (bicyclic) bond motifs is 2. The lowest BCUT2D eigenvalue weighted by atomic mass is 9.83. The molecule has 0 saturated carbocycles. The van der Waals surface area contributed by atoms with Gasteiger partial charge in [0.2, 0.25) is 17.7 Å². The number of carbonyl (C=O) groups excluding carboxylic acids is 3. The van der Waals surface area contributed by atoms with Crippen LogP contribution >= 0.6 is 23.1 Å². The molecular formula is C32H29N3O6S2. The summed E-state index contributed by atoms with van der Waals surface area (Å²) >= 11 is 2.18. The van der Waals surface area contributed by atoms with E-state index in [9.17, 15) is 19.2 Å². The van der Waals surface area contributed by atoms with E-state index in [1.54, 1.807) is 36.4 Å². The number of benzene rings is 3. The monoisotopic (exact) mass is 615 g/mol. The molecule has 3 amide bonds. The van der Waals surface area contributed by atoms with Crippen LogP contribution in [0.3, 0.4) is 0 Å². The highest BCUT2D eigenvalue weighted by Crippen LogP contribution is 2.54. The number of rotatable bonds is 7. The third kappa shape index (κ3) is 5.12. The van der Waals surface area contributed by atoms with E-state index in [-0.39, 0.29) is 29.1 Å². The first-order chi connectivity index (χ1) is 20.7. The van der Waals surface area contributed by atoms with Crippen LogP contribution < -0.4 is 24.6 Å². The molecule has 0 radical (unpaired) electrons. The van der Waals surface area contributed by atoms with Crippen LogP contribution in [0.2, 0.25) is 0 Å². The number of ether oxygens (including phenoxy) is 2. The van der Waals surface area contributed by atoms with Crippen molar-refractivity contribution in [1.29, 1.82) is 0 Å². The van der Waals surface area contributed by atoms with E-state index in [2.05, 4.69) is 5.32 Å². The van der Waals surface area contributed by atoms with Gasteiger partial charge in [-0.05, 0) is 55.8 Å². The Bertz CT molecular complexity index is 1800. The smallest absolute Gasteiger partial charge is 0.308 e. The number of nitrogens with zero attached hydrogens (tertiary/aromatic N) is 2. The van der Waals surface area contributed by atoms with Crippen LogP contribution in [0, 0.1) is 19.8 Å². The molecule has 0 aliphatic carbocycles. The number of thiazole rings is 1. The van der Waals surface area contributed by atoms with Crippen LogP contribution in [0.15, 0.2) is 76.6 Å². The minimum atomic E-state index is -0.792. The van der Waals surface area contributed by atoms with Gasteiger partial charge in [0.25, 0.3) is 0 Å². The van der Waals surface area contributed by atoms with Crippen LogP contribution in [0.1, 0.15) is 27.5 Å². The Morgan fingerprint density at radius 2 is 1.51 bits per heavy atom. The summed E-state index contributed by atoms with van der Waals surface area (Å²) in [5.74, 6) is -1.46. The predicted molar refractivity (Wildman–Crippen MR) is 167 cm³/mol. The Morgan fingerprint density at radius 1 is 0.860 bits per heavy atom. The number of imide groups is 1. The third-order valence-electron chi connectivity index (χ3n) is 7.75. The Balaban J connectivity index is 1.43. The summed E-state index contributed by atoms with van der Waals surface area (Å²) in [5, 5.41) is 2.57. The lowest BCUT2D eigenvalue weighted by Gasteiger charge is -2.31. The number of hydrogen-bond acceptors (Lipinski definition) is 8. The molecule has 1 N–H and O–H groups in total. The lowest BCUT2D eigenvalue weighted by molar-refractivity contribution is -0.122. The minimum Gasteiger partial charge on any atom is -0.493 e. The molecule has 3 aromatic carbocycles. The van der Waals surface area contributed by atoms with Crippen molar-refractivity contribution in [2.24, 2.45) is 5.92 Å². The summed E-state index contributed by atoms with van der Waals surface area (Å²) in [4.78, 5) is 56.1. The number of aryl methyl sites for hydroxylation is 2. The van der Waals surface area contributed by atoms with E-state index in [0.717, 1.165) is 22.5 Å². The SMILES string of the molecule is COc1ccc([C@@H]2c3sc(=O)n(CC(=O)Nc4ccc(C)cc4)c3SC3C(=O)N(c4ccc(C)cc4)C(=O)C32)cc1OC. The fourth-order valence-electron chi connectivity index (χ4n) is 5.59. The topological polar surface area (TPSA) is 107 Å². The highest BCUT2D eigenvalue weighted by Gasteiger charge is 2.57. The zero-order valence-electron chi connectivity index (χ0n) is 24.0. The number of thioether (sulfide) groups is 1. The molecule has 2 aliphatic rings. The first-order valence-corrected chi connectivity index (χ1v) is 15.3. The van der Waals surface area contributed by atoms with E-state index in [1.807, 2.05) is 44.2 Å². The molecule has 1 saturated heterocycles. The Labute approximate surface area is 256 Å². The van der Waals surface area contributed by atoms with Gasteiger partial charge in [-0.3, -0.25) is 23.7 Å². The average molecular weight is 616 g/mol. The molecule has 9 nitrogen and oxygen atoms in total. The summed E-state index contributed by atoms with van der Waals surface area (Å²) in [6.07, 6.45) is 0. The van der Waals surface area contributed by atoms with Gasteiger partial charge in [0.05, 0.1) is 30.9 Å². The number of nitrogens with one attached hydrogen (secondary N) is 1. The van der Waals surface area contributed by atoms with Crippen molar-refractivity contribution in [3.8, 4) is 11.5 Å². The summed E-state index contributed by atoms with van der Waals surface area (Å²) in [6, 6.07) is 20.0. The fourth-order valence-corrected chi connectivity index (χ4v) is 8.36. The molecule has 3 heterocycles. The van der Waals surface area contributed by atoms with Gasteiger partial charge in [0.1, 0.15) is 11.8 Å². The second-order valence-corrected chi connectivity index (χ2v) is 12.7. The Hall–Kier alpha value is -4.35. The first kappa shape index (κ1) is 28.8. The molecule has 4 aromatic rings. The molecule has 6 rings (SSSR count). The number of anilines is 2. The van der Waals surface area contributed by atoms with Gasteiger partial charge >= 0.3 is 4.87 Å². The van der Waals surface area contributed by atoms with Gasteiger partial charge in [-0.25, -0.2) is 4.90 Å². The van der Waals surface area contributed by atoms with E-state index in [0.29, 0.717) is 38.3 Å². The van der Waals surface area contributed by atoms with E-state index >= 15 is 0 Å². The number of hydrogen-bond donors (Lipinski definition) is 1. The van der Waals surface area contributed by atoms with Gasteiger partial charge in [-0.2, -0.15) is 0 Å². The molecule has 0 spiro atoms. The maximum absolute atomic E-state index is 14.1. The number of carbonyl (C=O) groups is 3. The average Bonchev–Trinajstić information content (AvgIpc) is 3.44. The highest BCUT2D eigenvalue weighted by atomic mass is 32.2. The molecular weight excluding hydrogens is 587 g/mol. The van der Waals surface area contributed by atoms with E-state index < -0.39 is 17.1 Å². The van der Waals surface area contributed by atoms with Gasteiger partial charge < -0.3 is 14.8 Å². The van der Waals surface area contributed by atoms with Crippen molar-refractivity contribution in [2.75, 3.05) is 24.4 Å². The molecule has 2 aliphatic heterocycles. The minimum absolute atomic E-state index is 0.231. The van der Waals surface area contributed by atoms with Gasteiger partial charge in [0.15, 0.2) is 11.5 Å². The number of methoxy groups -OCH3 is 2. The van der Waals surface area contributed by atoms with Crippen LogP contribution in [-0.2, 0) is 20.9 Å². The van der Waals surface area contributed by atoms with Gasteiger partial charge in [0, 0.05) is 16.5 Å². The van der Waals surface area contributed by atoms with Crippen molar-refractivity contribution in [3.63, 3.8) is 0 Å². The zero-order chi connectivity index (χ0) is 30.4. The first-order valence-electron chi connectivity index (χ1n) is 13.6. The molecule has 3 atom stereocenters. The molecule has 43 heavy (non-hydrogen) atoms. The maximum Gasteiger partial charge on any atom is 0.308 e. The molecule has 1 aromatic heterocycles. The Morgan fingerprint density at radius 3 is 2.16 bits per heavy atom. The predicted octanol–water partition coefficient (Wildman–Crippen LogP) is 4.98. The number of aromatic nitrogens is 1. The van der Waals surface area contributed by atoms with E-state index in [1.165, 1.54) is 35.4 Å². The van der Waals surface area contributed by atoms with Gasteiger partial charge in [-0.15, -0.1) is 0 Å². The van der Waals surface area contributed by atoms with Crippen molar-refractivity contribution in [3.05, 3.63) is 98.0 Å². The second-order valence-electron chi connectivity index (χ2n) is 10.5. The molecule has 220 valence electrons. The van der Waals surface area contributed by atoms with Crippen LogP contribution in [0.4, 0.5) is 11.4 Å². The molecule has 11 heteroatoms. The zero-order valence-corrected chi connectivity index (χ0v) is 25.6. The lowest BCUT2D eigenvalue weighted by Crippen LogP contribution is -2.33. The van der Waals surface area contributed by atoms with Crippen molar-refractivity contribution < 1.29 is 23.9 Å². The number of amides is 3. The Kier molecular flexibility index (Phi) is 7.61. The molecule has 0 bridgehead atoms. The standard InChI is InChI=1S/C32H29N3O6S2/c1-17-5-10-20(11-6-17)33-24(36)16-34-31-28(43-32(34)39)25(19-9-14-22(40-3)23(15-19)41-4)26-27(42-31)30(38)35(29(26)37)21-12-7-18(2)8-13-21/h5-15,25-27H,16H2,1-4H3,(H,33,36)/t25-,26?,27?/m0/s1. The fraction of sp³-hybridized carbons (Fsp3) is 0.250. The van der Waals surface area contributed by atoms with Gasteiger partial charge in [-0.1, -0.05) is 64.6 Å². The van der Waals surface area contributed by atoms with Crippen LogP contribution in [0.25, 0.3) is 0 Å². The van der Waals surface area contributed by atoms with Crippen molar-refractivity contribution in [1.82, 2.24) is 4.57 Å². The van der Waals surface area contributed by atoms with Crippen LogP contribution in [-0.4, -0.2) is 41.8 Å². The van der Waals surface area contributed by atoms with E-state index in [4.69, 9.17) is 9.47 Å². The summed E-state index contributed by atoms with van der Waals surface area (Å²) in [5.41, 5.74) is 3.89. The van der Waals surface area contributed by atoms with Crippen molar-refractivity contribution >= 4 is 52.2 Å². The third-order valence-corrected chi connectivity index (χ3v) is 10.3. The quantitative estimate of drug-likeness (QED) is 0.293. The summed E-state index contributed by atoms with van der Waals surface area (Å²) < 4.78 is 12.4. The maximum atomic E-state index is 14.1. The highest BCUT2D eigenvalue weighted by molar-refractivity contribution is 8.00. The largest absolute Gasteiger partial charge is 0.493 e. The normalized spacial score (nSPS) is 19.2. The van der Waals surface area contributed by atoms with Crippen molar-refractivity contribution in [2.45, 2.75) is 36.6 Å². The second kappa shape index (κ2) is 11.4. The summed E-state index contributed by atoms with van der Waals surface area (Å²) in [7, 11) is 3.06. The molecule has 2 unspecified atom stereocenters. The van der Waals surface area contributed by atoms with Crippen LogP contribution in [0.5, 0.6) is 11.5 Å². The summed E-state index contributed by atoms with van der Waals surface area (Å²) in [6.45, 7) is 3.66.